The highest BCUT2D eigenvalue weighted by Gasteiger charge is 2.23. The van der Waals surface area contributed by atoms with Crippen molar-refractivity contribution < 1.29 is 13.2 Å². The molecule has 0 spiro atoms. The Morgan fingerprint density at radius 3 is 2.17 bits per heavy atom. The van der Waals surface area contributed by atoms with Gasteiger partial charge in [0.05, 0.1) is 19.1 Å². The van der Waals surface area contributed by atoms with Crippen LogP contribution in [0.5, 0.6) is 5.75 Å². The molecule has 4 nitrogen and oxygen atoms in total. The molecule has 0 heterocycles. The molecule has 0 amide bonds. The van der Waals surface area contributed by atoms with E-state index in [0.29, 0.717) is 11.4 Å². The predicted octanol–water partition coefficient (Wildman–Crippen LogP) is 2.39. The van der Waals surface area contributed by atoms with Crippen LogP contribution in [0.1, 0.15) is 26.3 Å². The fourth-order valence-electron chi connectivity index (χ4n) is 1.71. The van der Waals surface area contributed by atoms with Crippen molar-refractivity contribution >= 4 is 15.7 Å². The van der Waals surface area contributed by atoms with Crippen molar-refractivity contribution in [2.75, 3.05) is 24.7 Å². The summed E-state index contributed by atoms with van der Waals surface area (Å²) in [7, 11) is -0.165. The highest BCUT2D eigenvalue weighted by atomic mass is 32.2. The second-order valence-corrected chi connectivity index (χ2v) is 7.38. The van der Waals surface area contributed by atoms with Crippen molar-refractivity contribution in [3.63, 3.8) is 0 Å². The second kappa shape index (κ2) is 4.80. The third-order valence-corrected chi connectivity index (χ3v) is 4.04. The number of methoxy groups -OCH3 is 1. The van der Waals surface area contributed by atoms with Crippen LogP contribution in [0.15, 0.2) is 18.2 Å². The van der Waals surface area contributed by atoms with E-state index in [1.165, 1.54) is 10.6 Å². The van der Waals surface area contributed by atoms with Crippen molar-refractivity contribution in [3.05, 3.63) is 23.8 Å². The van der Waals surface area contributed by atoms with Crippen LogP contribution in [0.4, 0.5) is 5.69 Å². The Kier molecular flexibility index (Phi) is 3.96. The summed E-state index contributed by atoms with van der Waals surface area (Å²) < 4.78 is 29.8. The molecule has 0 atom stereocenters. The summed E-state index contributed by atoms with van der Waals surface area (Å²) in [6, 6.07) is 5.51. The molecule has 102 valence electrons. The topological polar surface area (TPSA) is 46.6 Å². The van der Waals surface area contributed by atoms with E-state index in [1.54, 1.807) is 20.2 Å². The van der Waals surface area contributed by atoms with Crippen molar-refractivity contribution in [2.24, 2.45) is 0 Å². The number of hydrogen-bond acceptors (Lipinski definition) is 3. The van der Waals surface area contributed by atoms with Gasteiger partial charge in [-0.05, 0) is 17.0 Å². The smallest absolute Gasteiger partial charge is 0.232 e. The van der Waals surface area contributed by atoms with E-state index in [-0.39, 0.29) is 5.41 Å². The van der Waals surface area contributed by atoms with Crippen molar-refractivity contribution in [1.82, 2.24) is 0 Å². The highest BCUT2D eigenvalue weighted by molar-refractivity contribution is 7.92. The van der Waals surface area contributed by atoms with Crippen molar-refractivity contribution in [2.45, 2.75) is 26.2 Å². The Morgan fingerprint density at radius 1 is 1.22 bits per heavy atom. The predicted molar refractivity (Wildman–Crippen MR) is 74.9 cm³/mol. The van der Waals surface area contributed by atoms with Crippen LogP contribution in [0.25, 0.3) is 0 Å². The third-order valence-electron chi connectivity index (χ3n) is 2.85. The molecule has 0 unspecified atom stereocenters. The number of rotatable bonds is 3. The fraction of sp³-hybridized carbons (Fsp3) is 0.538. The van der Waals surface area contributed by atoms with Gasteiger partial charge in [-0.2, -0.15) is 0 Å². The van der Waals surface area contributed by atoms with Gasteiger partial charge in [0.1, 0.15) is 5.75 Å². The lowest BCUT2D eigenvalue weighted by molar-refractivity contribution is 0.414. The van der Waals surface area contributed by atoms with Gasteiger partial charge < -0.3 is 4.74 Å². The van der Waals surface area contributed by atoms with E-state index in [2.05, 4.69) is 20.8 Å². The first-order valence-electron chi connectivity index (χ1n) is 5.70. The lowest BCUT2D eigenvalue weighted by Crippen LogP contribution is -2.28. The number of sulfonamides is 1. The van der Waals surface area contributed by atoms with E-state index in [4.69, 9.17) is 4.74 Å². The van der Waals surface area contributed by atoms with Gasteiger partial charge in [0, 0.05) is 13.1 Å². The van der Waals surface area contributed by atoms with Gasteiger partial charge in [-0.25, -0.2) is 8.42 Å². The average Bonchev–Trinajstić information content (AvgIpc) is 2.24. The van der Waals surface area contributed by atoms with Crippen LogP contribution >= 0.6 is 0 Å². The number of nitrogens with zero attached hydrogens (tertiary/aromatic N) is 1. The Labute approximate surface area is 110 Å². The molecule has 0 aliphatic carbocycles. The SMILES string of the molecule is COc1ccc(C(C)(C)C)c(N(C)S(C)(=O)=O)c1. The number of ether oxygens (including phenoxy) is 1. The minimum absolute atomic E-state index is 0.138. The van der Waals surface area contributed by atoms with Crippen LogP contribution in [0.3, 0.4) is 0 Å². The average molecular weight is 271 g/mol. The van der Waals surface area contributed by atoms with Crippen LogP contribution in [-0.2, 0) is 15.4 Å². The molecule has 0 aliphatic rings. The quantitative estimate of drug-likeness (QED) is 0.848. The summed E-state index contributed by atoms with van der Waals surface area (Å²) in [5.41, 5.74) is 1.49. The molecule has 0 radical (unpaired) electrons. The highest BCUT2D eigenvalue weighted by Crippen LogP contribution is 2.35. The molecule has 18 heavy (non-hydrogen) atoms. The van der Waals surface area contributed by atoms with Gasteiger partial charge in [0.15, 0.2) is 0 Å². The van der Waals surface area contributed by atoms with Crippen molar-refractivity contribution in [3.8, 4) is 5.75 Å². The summed E-state index contributed by atoms with van der Waals surface area (Å²) >= 11 is 0. The van der Waals surface area contributed by atoms with Crippen LogP contribution in [-0.4, -0.2) is 28.8 Å². The largest absolute Gasteiger partial charge is 0.497 e. The van der Waals surface area contributed by atoms with Gasteiger partial charge in [0.25, 0.3) is 0 Å². The molecular weight excluding hydrogens is 250 g/mol. The van der Waals surface area contributed by atoms with E-state index in [1.807, 2.05) is 12.1 Å². The maximum Gasteiger partial charge on any atom is 0.232 e. The Balaban J connectivity index is 3.47. The first-order valence-corrected chi connectivity index (χ1v) is 7.54. The third kappa shape index (κ3) is 3.16. The summed E-state index contributed by atoms with van der Waals surface area (Å²) in [5.74, 6) is 0.647. The lowest BCUT2D eigenvalue weighted by Gasteiger charge is -2.28. The van der Waals surface area contributed by atoms with Crippen LogP contribution < -0.4 is 9.04 Å². The minimum atomic E-state index is -3.29. The maximum absolute atomic E-state index is 11.7. The summed E-state index contributed by atoms with van der Waals surface area (Å²) in [6.07, 6.45) is 1.19. The second-order valence-electron chi connectivity index (χ2n) is 5.36. The number of anilines is 1. The molecule has 0 aromatic heterocycles. The molecule has 0 N–H and O–H groups in total. The molecule has 0 fully saturated rings. The van der Waals surface area contributed by atoms with Crippen LogP contribution in [0, 0.1) is 0 Å². The van der Waals surface area contributed by atoms with Crippen LogP contribution in [0.2, 0.25) is 0 Å². The molecule has 1 rings (SSSR count). The summed E-state index contributed by atoms with van der Waals surface area (Å²) in [6.45, 7) is 6.15. The monoisotopic (exact) mass is 271 g/mol. The Bertz CT molecular complexity index is 530. The number of benzene rings is 1. The Hall–Kier alpha value is -1.23. The molecule has 0 bridgehead atoms. The lowest BCUT2D eigenvalue weighted by atomic mass is 9.85. The van der Waals surface area contributed by atoms with E-state index in [9.17, 15) is 8.42 Å². The standard InChI is InChI=1S/C13H21NO3S/c1-13(2,3)11-8-7-10(17-5)9-12(11)14(4)18(6,15)16/h7-9H,1-6H3. The fourth-order valence-corrected chi connectivity index (χ4v) is 2.22. The minimum Gasteiger partial charge on any atom is -0.497 e. The molecule has 0 saturated carbocycles. The first kappa shape index (κ1) is 14.8. The van der Waals surface area contributed by atoms with Crippen molar-refractivity contribution in [1.29, 1.82) is 0 Å². The zero-order chi connectivity index (χ0) is 14.1. The van der Waals surface area contributed by atoms with Gasteiger partial charge in [0.2, 0.25) is 10.0 Å². The van der Waals surface area contributed by atoms with E-state index < -0.39 is 10.0 Å². The molecule has 0 aliphatic heterocycles. The molecule has 1 aromatic rings. The summed E-state index contributed by atoms with van der Waals surface area (Å²) in [5, 5.41) is 0. The number of hydrogen-bond donors (Lipinski definition) is 0. The van der Waals surface area contributed by atoms with Gasteiger partial charge >= 0.3 is 0 Å². The first-order chi connectivity index (χ1) is 8.07. The zero-order valence-corrected chi connectivity index (χ0v) is 12.6. The van der Waals surface area contributed by atoms with E-state index in [0.717, 1.165) is 5.56 Å². The maximum atomic E-state index is 11.7. The normalized spacial score (nSPS) is 12.3. The zero-order valence-electron chi connectivity index (χ0n) is 11.8. The Morgan fingerprint density at radius 2 is 1.78 bits per heavy atom. The van der Waals surface area contributed by atoms with Gasteiger partial charge in [-0.3, -0.25) is 4.31 Å². The molecule has 1 aromatic carbocycles. The molecule has 0 saturated heterocycles. The van der Waals surface area contributed by atoms with Gasteiger partial charge in [-0.1, -0.05) is 26.8 Å². The molecular formula is C13H21NO3S. The molecule has 5 heteroatoms. The van der Waals surface area contributed by atoms with E-state index >= 15 is 0 Å². The van der Waals surface area contributed by atoms with Gasteiger partial charge in [-0.15, -0.1) is 0 Å². The summed E-state index contributed by atoms with van der Waals surface area (Å²) in [4.78, 5) is 0.